The van der Waals surface area contributed by atoms with Crippen LogP contribution >= 0.6 is 12.4 Å². The minimum Gasteiger partial charge on any atom is -0.342 e. The van der Waals surface area contributed by atoms with E-state index in [2.05, 4.69) is 4.90 Å². The first-order chi connectivity index (χ1) is 10.5. The fraction of sp³-hybridized carbons (Fsp3) is 0.875. The Morgan fingerprint density at radius 1 is 0.913 bits per heavy atom. The first kappa shape index (κ1) is 20.2. The number of nitrogens with zero attached hydrogens (tertiary/aromatic N) is 3. The first-order valence-corrected chi connectivity index (χ1v) is 8.53. The highest BCUT2D eigenvalue weighted by Crippen LogP contribution is 2.11. The molecule has 134 valence electrons. The van der Waals surface area contributed by atoms with Crippen LogP contribution in [0.15, 0.2) is 0 Å². The fourth-order valence-corrected chi connectivity index (χ4v) is 3.06. The predicted molar refractivity (Wildman–Crippen MR) is 93.5 cm³/mol. The molecule has 0 unspecified atom stereocenters. The highest BCUT2D eigenvalue weighted by Gasteiger charge is 2.28. The molecule has 2 N–H and O–H groups in total. The van der Waals surface area contributed by atoms with Crippen LogP contribution in [0.4, 0.5) is 0 Å². The zero-order valence-electron chi connectivity index (χ0n) is 14.4. The molecular weight excluding hydrogens is 316 g/mol. The number of hydrogen-bond acceptors (Lipinski definition) is 4. The summed E-state index contributed by atoms with van der Waals surface area (Å²) in [6.07, 6.45) is 3.49. The molecule has 2 saturated heterocycles. The summed E-state index contributed by atoms with van der Waals surface area (Å²) in [4.78, 5) is 30.5. The molecule has 2 fully saturated rings. The molecule has 6 nitrogen and oxygen atoms in total. The Balaban J connectivity index is 0.00000264. The number of carbonyl (C=O) groups excluding carboxylic acids is 2. The highest BCUT2D eigenvalue weighted by molar-refractivity contribution is 5.85. The average Bonchev–Trinajstić information content (AvgIpc) is 2.55. The Kier molecular flexibility index (Phi) is 8.29. The standard InChI is InChI=1S/C16H30N4O2.ClH/c1-13(2)15(17)16(22)20-10-8-18(9-11-20)12-14(21)19-6-4-3-5-7-19;/h13,15H,3-12,17H2,1-2H3;1H/t15-;/m0./s1. The van der Waals surface area contributed by atoms with Gasteiger partial charge in [-0.05, 0) is 25.2 Å². The van der Waals surface area contributed by atoms with Crippen LogP contribution in [0.3, 0.4) is 0 Å². The van der Waals surface area contributed by atoms with Crippen molar-refractivity contribution in [2.75, 3.05) is 45.8 Å². The summed E-state index contributed by atoms with van der Waals surface area (Å²) in [6.45, 7) is 9.09. The van der Waals surface area contributed by atoms with Crippen LogP contribution < -0.4 is 5.73 Å². The van der Waals surface area contributed by atoms with Crippen molar-refractivity contribution in [1.29, 1.82) is 0 Å². The third kappa shape index (κ3) is 5.62. The maximum Gasteiger partial charge on any atom is 0.239 e. The molecule has 1 atom stereocenters. The van der Waals surface area contributed by atoms with E-state index < -0.39 is 6.04 Å². The molecule has 2 amide bonds. The van der Waals surface area contributed by atoms with Gasteiger partial charge in [0.1, 0.15) is 0 Å². The molecule has 0 saturated carbocycles. The van der Waals surface area contributed by atoms with Crippen molar-refractivity contribution in [3.05, 3.63) is 0 Å². The molecule has 2 aliphatic rings. The van der Waals surface area contributed by atoms with E-state index in [-0.39, 0.29) is 30.1 Å². The Morgan fingerprint density at radius 2 is 1.48 bits per heavy atom. The van der Waals surface area contributed by atoms with Crippen molar-refractivity contribution in [3.63, 3.8) is 0 Å². The molecule has 23 heavy (non-hydrogen) atoms. The van der Waals surface area contributed by atoms with Gasteiger partial charge in [0.15, 0.2) is 0 Å². The van der Waals surface area contributed by atoms with Crippen LogP contribution in [0, 0.1) is 5.92 Å². The lowest BCUT2D eigenvalue weighted by Gasteiger charge is -2.37. The van der Waals surface area contributed by atoms with E-state index >= 15 is 0 Å². The highest BCUT2D eigenvalue weighted by atomic mass is 35.5. The molecule has 2 rings (SSSR count). The SMILES string of the molecule is CC(C)[C@H](N)C(=O)N1CCN(CC(=O)N2CCCCC2)CC1.Cl. The Bertz CT molecular complexity index is 392. The summed E-state index contributed by atoms with van der Waals surface area (Å²) < 4.78 is 0. The molecule has 0 radical (unpaired) electrons. The molecule has 2 aliphatic heterocycles. The molecule has 7 heteroatoms. The van der Waals surface area contributed by atoms with Crippen LogP contribution in [0.25, 0.3) is 0 Å². The van der Waals surface area contributed by atoms with Gasteiger partial charge in [-0.1, -0.05) is 13.8 Å². The van der Waals surface area contributed by atoms with Gasteiger partial charge in [-0.15, -0.1) is 12.4 Å². The summed E-state index contributed by atoms with van der Waals surface area (Å²) in [5.74, 6) is 0.432. The molecule has 0 bridgehead atoms. The second-order valence-corrected chi connectivity index (χ2v) is 6.81. The number of piperidine rings is 1. The van der Waals surface area contributed by atoms with E-state index in [0.29, 0.717) is 19.6 Å². The van der Waals surface area contributed by atoms with Crippen molar-refractivity contribution in [3.8, 4) is 0 Å². The first-order valence-electron chi connectivity index (χ1n) is 8.53. The van der Waals surface area contributed by atoms with Crippen molar-refractivity contribution >= 4 is 24.2 Å². The van der Waals surface area contributed by atoms with Crippen molar-refractivity contribution in [2.45, 2.75) is 39.2 Å². The van der Waals surface area contributed by atoms with Gasteiger partial charge >= 0.3 is 0 Å². The van der Waals surface area contributed by atoms with E-state index in [9.17, 15) is 9.59 Å². The Hall–Kier alpha value is -0.850. The van der Waals surface area contributed by atoms with Crippen LogP contribution in [0.2, 0.25) is 0 Å². The maximum atomic E-state index is 12.3. The van der Waals surface area contributed by atoms with Gasteiger partial charge in [-0.25, -0.2) is 0 Å². The number of carbonyl (C=O) groups is 2. The number of rotatable bonds is 4. The number of hydrogen-bond donors (Lipinski definition) is 1. The monoisotopic (exact) mass is 346 g/mol. The number of piperazine rings is 1. The van der Waals surface area contributed by atoms with Gasteiger partial charge in [0, 0.05) is 39.3 Å². The lowest BCUT2D eigenvalue weighted by atomic mass is 10.0. The van der Waals surface area contributed by atoms with Crippen molar-refractivity contribution in [2.24, 2.45) is 11.7 Å². The van der Waals surface area contributed by atoms with Gasteiger partial charge in [0.05, 0.1) is 12.6 Å². The molecule has 0 aromatic heterocycles. The van der Waals surface area contributed by atoms with Crippen LogP contribution in [-0.4, -0.2) is 78.4 Å². The normalized spacial score (nSPS) is 21.0. The van der Waals surface area contributed by atoms with E-state index in [1.807, 2.05) is 23.6 Å². The Labute approximate surface area is 145 Å². The number of likely N-dealkylation sites (tertiary alicyclic amines) is 1. The summed E-state index contributed by atoms with van der Waals surface area (Å²) in [6, 6.07) is -0.415. The zero-order valence-corrected chi connectivity index (χ0v) is 15.2. The van der Waals surface area contributed by atoms with E-state index in [0.717, 1.165) is 39.0 Å². The average molecular weight is 347 g/mol. The van der Waals surface area contributed by atoms with Crippen molar-refractivity contribution in [1.82, 2.24) is 14.7 Å². The summed E-state index contributed by atoms with van der Waals surface area (Å²) in [5.41, 5.74) is 5.94. The molecule has 0 aliphatic carbocycles. The predicted octanol–water partition coefficient (Wildman–Crippen LogP) is 0.548. The molecule has 0 aromatic carbocycles. The fourth-order valence-electron chi connectivity index (χ4n) is 3.06. The quantitative estimate of drug-likeness (QED) is 0.807. The third-order valence-electron chi connectivity index (χ3n) is 4.75. The summed E-state index contributed by atoms with van der Waals surface area (Å²) in [5, 5.41) is 0. The van der Waals surface area contributed by atoms with Gasteiger partial charge in [-0.3, -0.25) is 14.5 Å². The summed E-state index contributed by atoms with van der Waals surface area (Å²) in [7, 11) is 0. The smallest absolute Gasteiger partial charge is 0.239 e. The van der Waals surface area contributed by atoms with Gasteiger partial charge in [0.2, 0.25) is 11.8 Å². The van der Waals surface area contributed by atoms with Gasteiger partial charge in [-0.2, -0.15) is 0 Å². The topological polar surface area (TPSA) is 69.9 Å². The second-order valence-electron chi connectivity index (χ2n) is 6.81. The maximum absolute atomic E-state index is 12.3. The van der Waals surface area contributed by atoms with Gasteiger partial charge in [0.25, 0.3) is 0 Å². The van der Waals surface area contributed by atoms with Crippen LogP contribution in [0.5, 0.6) is 0 Å². The lowest BCUT2D eigenvalue weighted by Crippen LogP contribution is -2.55. The second kappa shape index (κ2) is 9.45. The number of halogens is 1. The van der Waals surface area contributed by atoms with Crippen LogP contribution in [0.1, 0.15) is 33.1 Å². The largest absolute Gasteiger partial charge is 0.342 e. The molecule has 2 heterocycles. The van der Waals surface area contributed by atoms with Gasteiger partial charge < -0.3 is 15.5 Å². The van der Waals surface area contributed by atoms with E-state index in [1.54, 1.807) is 0 Å². The lowest BCUT2D eigenvalue weighted by molar-refractivity contribution is -0.137. The number of amides is 2. The molecular formula is C16H31ClN4O2. The Morgan fingerprint density at radius 3 is 2.00 bits per heavy atom. The number of nitrogens with two attached hydrogens (primary N) is 1. The molecule has 0 aromatic rings. The third-order valence-corrected chi connectivity index (χ3v) is 4.75. The van der Waals surface area contributed by atoms with Crippen molar-refractivity contribution < 1.29 is 9.59 Å². The molecule has 0 spiro atoms. The summed E-state index contributed by atoms with van der Waals surface area (Å²) >= 11 is 0. The minimum absolute atomic E-state index is 0. The minimum atomic E-state index is -0.415. The zero-order chi connectivity index (χ0) is 16.1. The van der Waals surface area contributed by atoms with Crippen LogP contribution in [-0.2, 0) is 9.59 Å². The van der Waals surface area contributed by atoms with E-state index in [1.165, 1.54) is 6.42 Å². The van der Waals surface area contributed by atoms with E-state index in [4.69, 9.17) is 5.73 Å².